The summed E-state index contributed by atoms with van der Waals surface area (Å²) in [5.41, 5.74) is 2.36. The fraction of sp³-hybridized carbons (Fsp3) is 0.250. The minimum atomic E-state index is -4.47. The second-order valence-corrected chi connectivity index (χ2v) is 6.04. The Balaban J connectivity index is 2.02. The van der Waals surface area contributed by atoms with E-state index in [4.69, 9.17) is 23.8 Å². The molecule has 2 aromatic rings. The van der Waals surface area contributed by atoms with Gasteiger partial charge in [0.2, 0.25) is 0 Å². The predicted octanol–water partition coefficient (Wildman–Crippen LogP) is 4.86. The van der Waals surface area contributed by atoms with Crippen molar-refractivity contribution in [3.05, 3.63) is 57.9 Å². The van der Waals surface area contributed by atoms with E-state index in [0.29, 0.717) is 5.11 Å². The highest BCUT2D eigenvalue weighted by Crippen LogP contribution is 2.31. The Morgan fingerprint density at radius 1 is 1.25 bits per heavy atom. The van der Waals surface area contributed by atoms with Crippen LogP contribution in [0.25, 0.3) is 0 Å². The second-order valence-electron chi connectivity index (χ2n) is 5.22. The van der Waals surface area contributed by atoms with Gasteiger partial charge < -0.3 is 10.6 Å². The Hall–Kier alpha value is -1.86. The quantitative estimate of drug-likeness (QED) is 0.753. The third-order valence-corrected chi connectivity index (χ3v) is 3.95. The monoisotopic (exact) mass is 373 g/mol. The third kappa shape index (κ3) is 4.58. The number of aryl methyl sites for hydroxylation is 2. The van der Waals surface area contributed by atoms with Crippen molar-refractivity contribution in [1.29, 1.82) is 0 Å². The van der Waals surface area contributed by atoms with Crippen LogP contribution in [0.1, 0.15) is 22.4 Å². The summed E-state index contributed by atoms with van der Waals surface area (Å²) >= 11 is 11.1. The molecule has 0 aliphatic rings. The Morgan fingerprint density at radius 2 is 1.88 bits per heavy atom. The van der Waals surface area contributed by atoms with Crippen LogP contribution in [0.15, 0.2) is 30.5 Å². The highest BCUT2D eigenvalue weighted by molar-refractivity contribution is 7.80. The summed E-state index contributed by atoms with van der Waals surface area (Å²) in [6, 6.07) is 6.70. The summed E-state index contributed by atoms with van der Waals surface area (Å²) in [6.07, 6.45) is -3.72. The molecule has 2 rings (SSSR count). The van der Waals surface area contributed by atoms with E-state index in [-0.39, 0.29) is 17.3 Å². The van der Waals surface area contributed by atoms with E-state index in [0.717, 1.165) is 29.1 Å². The number of pyridine rings is 1. The summed E-state index contributed by atoms with van der Waals surface area (Å²) in [5.74, 6) is 0. The first kappa shape index (κ1) is 18.5. The van der Waals surface area contributed by atoms with E-state index in [2.05, 4.69) is 15.6 Å². The number of rotatable bonds is 3. The van der Waals surface area contributed by atoms with Gasteiger partial charge in [-0.2, -0.15) is 13.2 Å². The van der Waals surface area contributed by atoms with Crippen molar-refractivity contribution in [2.75, 3.05) is 5.32 Å². The van der Waals surface area contributed by atoms with Gasteiger partial charge in [0.05, 0.1) is 22.8 Å². The lowest BCUT2D eigenvalue weighted by Crippen LogP contribution is -2.29. The van der Waals surface area contributed by atoms with Crippen LogP contribution in [0.3, 0.4) is 0 Å². The van der Waals surface area contributed by atoms with Crippen molar-refractivity contribution >= 4 is 34.6 Å². The molecule has 0 amide bonds. The van der Waals surface area contributed by atoms with Gasteiger partial charge in [0.15, 0.2) is 5.11 Å². The lowest BCUT2D eigenvalue weighted by molar-refractivity contribution is -0.137. The first-order chi connectivity index (χ1) is 11.2. The van der Waals surface area contributed by atoms with Crippen LogP contribution < -0.4 is 10.6 Å². The number of anilines is 1. The van der Waals surface area contributed by atoms with E-state index >= 15 is 0 Å². The zero-order valence-corrected chi connectivity index (χ0v) is 14.5. The maximum absolute atomic E-state index is 12.6. The average Bonchev–Trinajstić information content (AvgIpc) is 2.49. The molecular formula is C16H15ClF3N3S. The van der Waals surface area contributed by atoms with Crippen LogP contribution in [-0.2, 0) is 12.7 Å². The Labute approximate surface area is 148 Å². The smallest absolute Gasteiger partial charge is 0.357 e. The second kappa shape index (κ2) is 7.36. The number of hydrogen-bond acceptors (Lipinski definition) is 2. The van der Waals surface area contributed by atoms with Crippen molar-refractivity contribution < 1.29 is 13.2 Å². The number of benzene rings is 1. The molecule has 0 bridgehead atoms. The van der Waals surface area contributed by atoms with E-state index in [1.54, 1.807) is 0 Å². The number of hydrogen-bond donors (Lipinski definition) is 2. The molecule has 1 aromatic heterocycles. The van der Waals surface area contributed by atoms with Gasteiger partial charge in [-0.25, -0.2) is 0 Å². The molecule has 2 N–H and O–H groups in total. The van der Waals surface area contributed by atoms with Crippen molar-refractivity contribution in [2.24, 2.45) is 0 Å². The molecule has 1 heterocycles. The zero-order chi connectivity index (χ0) is 17.9. The fourth-order valence-corrected chi connectivity index (χ4v) is 2.49. The zero-order valence-electron chi connectivity index (χ0n) is 13.0. The van der Waals surface area contributed by atoms with Crippen LogP contribution in [0.4, 0.5) is 18.9 Å². The number of nitrogens with zero attached hydrogens (tertiary/aromatic N) is 1. The molecule has 128 valence electrons. The van der Waals surface area contributed by atoms with Crippen molar-refractivity contribution in [2.45, 2.75) is 26.6 Å². The van der Waals surface area contributed by atoms with Gasteiger partial charge in [0, 0.05) is 11.9 Å². The number of alkyl halides is 3. The van der Waals surface area contributed by atoms with Crippen LogP contribution in [0.2, 0.25) is 5.02 Å². The fourth-order valence-electron chi connectivity index (χ4n) is 2.08. The van der Waals surface area contributed by atoms with Crippen molar-refractivity contribution in [3.63, 3.8) is 0 Å². The molecule has 0 atom stereocenters. The largest absolute Gasteiger partial charge is 0.417 e. The predicted molar refractivity (Wildman–Crippen MR) is 93.2 cm³/mol. The molecule has 8 heteroatoms. The molecule has 0 aliphatic carbocycles. The third-order valence-electron chi connectivity index (χ3n) is 3.38. The molecule has 3 nitrogen and oxygen atoms in total. The first-order valence-corrected chi connectivity index (χ1v) is 7.80. The molecule has 0 radical (unpaired) electrons. The van der Waals surface area contributed by atoms with E-state index in [1.807, 2.05) is 32.0 Å². The van der Waals surface area contributed by atoms with Gasteiger partial charge in [-0.15, -0.1) is 0 Å². The van der Waals surface area contributed by atoms with E-state index < -0.39 is 11.7 Å². The summed E-state index contributed by atoms with van der Waals surface area (Å²) in [5, 5.41) is 6.24. The highest BCUT2D eigenvalue weighted by atomic mass is 35.5. The van der Waals surface area contributed by atoms with E-state index in [9.17, 15) is 13.2 Å². The Bertz CT molecular complexity index is 742. The number of halogens is 4. The SMILES string of the molecule is Cc1cccc(C)c1NC(=S)NCc1ncc(C(F)(F)F)cc1Cl. The number of thiocarbonyl (C=S) groups is 1. The van der Waals surface area contributed by atoms with Crippen LogP contribution in [0.5, 0.6) is 0 Å². The Kier molecular flexibility index (Phi) is 5.66. The average molecular weight is 374 g/mol. The molecule has 0 unspecified atom stereocenters. The van der Waals surface area contributed by atoms with Crippen molar-refractivity contribution in [3.8, 4) is 0 Å². The lowest BCUT2D eigenvalue weighted by Gasteiger charge is -2.15. The Morgan fingerprint density at radius 3 is 2.42 bits per heavy atom. The maximum atomic E-state index is 12.6. The molecule has 0 aliphatic heterocycles. The summed E-state index contributed by atoms with van der Waals surface area (Å²) < 4.78 is 37.8. The van der Waals surface area contributed by atoms with Gasteiger partial charge in [-0.05, 0) is 43.3 Å². The standard InChI is InChI=1S/C16H15ClF3N3S/c1-9-4-3-5-10(2)14(9)23-15(24)22-8-13-12(17)6-11(7-21-13)16(18,19)20/h3-7H,8H2,1-2H3,(H2,22,23,24). The number of nitrogens with one attached hydrogen (secondary N) is 2. The molecule has 0 saturated heterocycles. The molecule has 1 aromatic carbocycles. The van der Waals surface area contributed by atoms with Gasteiger partial charge in [-0.3, -0.25) is 4.98 Å². The lowest BCUT2D eigenvalue weighted by atomic mass is 10.1. The van der Waals surface area contributed by atoms with Gasteiger partial charge in [-0.1, -0.05) is 29.8 Å². The molecule has 0 saturated carbocycles. The maximum Gasteiger partial charge on any atom is 0.417 e. The molecular weight excluding hydrogens is 359 g/mol. The highest BCUT2D eigenvalue weighted by Gasteiger charge is 2.31. The van der Waals surface area contributed by atoms with Crippen molar-refractivity contribution in [1.82, 2.24) is 10.3 Å². The van der Waals surface area contributed by atoms with Crippen LogP contribution in [0, 0.1) is 13.8 Å². The molecule has 24 heavy (non-hydrogen) atoms. The number of para-hydroxylation sites is 1. The first-order valence-electron chi connectivity index (χ1n) is 7.01. The topological polar surface area (TPSA) is 37.0 Å². The minimum absolute atomic E-state index is 0.0628. The van der Waals surface area contributed by atoms with Gasteiger partial charge in [0.1, 0.15) is 0 Å². The minimum Gasteiger partial charge on any atom is -0.357 e. The van der Waals surface area contributed by atoms with Crippen LogP contribution >= 0.6 is 23.8 Å². The van der Waals surface area contributed by atoms with Crippen LogP contribution in [-0.4, -0.2) is 10.1 Å². The van der Waals surface area contributed by atoms with E-state index in [1.165, 1.54) is 0 Å². The molecule has 0 spiro atoms. The summed E-state index contributed by atoms with van der Waals surface area (Å²) in [7, 11) is 0. The normalized spacial score (nSPS) is 11.2. The number of aromatic nitrogens is 1. The summed E-state index contributed by atoms with van der Waals surface area (Å²) in [4.78, 5) is 3.76. The van der Waals surface area contributed by atoms with Gasteiger partial charge in [0.25, 0.3) is 0 Å². The van der Waals surface area contributed by atoms with Gasteiger partial charge >= 0.3 is 6.18 Å². The molecule has 0 fully saturated rings. The summed E-state index contributed by atoms with van der Waals surface area (Å²) in [6.45, 7) is 4.02.